The summed E-state index contributed by atoms with van der Waals surface area (Å²) in [6, 6.07) is 0. The third-order valence-corrected chi connectivity index (χ3v) is 6.34. The molecule has 0 atom stereocenters. The Bertz CT molecular complexity index is 640. The normalized spacial score (nSPS) is 16.5. The molecule has 23 heavy (non-hydrogen) atoms. The molecule has 3 rings (SSSR count). The molecule has 0 unspecified atom stereocenters. The Morgan fingerprint density at radius 1 is 1.17 bits per heavy atom. The Balaban J connectivity index is 0.000000397. The molecular formula is C19H24Cl2NZr. The summed E-state index contributed by atoms with van der Waals surface area (Å²) in [5, 5.41) is 0. The SMILES string of the molecule is CC1=NC2=CC=CC2=C1.C[C](C)=[Zr+2][C]1=CC(C(C)C)=CC1.[Cl-].[Cl-]. The number of fused-ring (bicyclic) bond motifs is 1. The molecule has 1 nitrogen and oxygen atoms in total. The Kier molecular flexibility index (Phi) is 10.4. The van der Waals surface area contributed by atoms with E-state index < -0.39 is 0 Å². The van der Waals surface area contributed by atoms with E-state index in [4.69, 9.17) is 0 Å². The molecular weight excluding hydrogens is 404 g/mol. The molecule has 1 aliphatic heterocycles. The summed E-state index contributed by atoms with van der Waals surface area (Å²) in [5.74, 6) is 0.721. The molecule has 0 fully saturated rings. The molecule has 0 bridgehead atoms. The van der Waals surface area contributed by atoms with Crippen molar-refractivity contribution < 1.29 is 47.6 Å². The molecule has 4 heteroatoms. The van der Waals surface area contributed by atoms with E-state index in [2.05, 4.69) is 57.0 Å². The second kappa shape index (κ2) is 10.5. The Morgan fingerprint density at radius 3 is 2.39 bits per heavy atom. The van der Waals surface area contributed by atoms with Gasteiger partial charge in [0.2, 0.25) is 0 Å². The van der Waals surface area contributed by atoms with E-state index >= 15 is 0 Å². The Labute approximate surface area is 164 Å². The van der Waals surface area contributed by atoms with E-state index in [-0.39, 0.29) is 47.6 Å². The summed E-state index contributed by atoms with van der Waals surface area (Å²) in [6.07, 6.45) is 14.3. The molecule has 2 aliphatic carbocycles. The van der Waals surface area contributed by atoms with Crippen molar-refractivity contribution >= 4 is 8.92 Å². The first kappa shape index (κ1) is 22.7. The van der Waals surface area contributed by atoms with Crippen LogP contribution in [-0.4, -0.2) is 8.92 Å². The number of rotatable bonds is 2. The van der Waals surface area contributed by atoms with E-state index in [1.807, 2.05) is 19.1 Å². The summed E-state index contributed by atoms with van der Waals surface area (Å²) in [6.45, 7) is 11.1. The van der Waals surface area contributed by atoms with Gasteiger partial charge in [-0.1, -0.05) is 12.2 Å². The summed E-state index contributed by atoms with van der Waals surface area (Å²) in [5.41, 5.74) is 5.05. The van der Waals surface area contributed by atoms with Gasteiger partial charge in [-0.2, -0.15) is 0 Å². The van der Waals surface area contributed by atoms with Gasteiger partial charge in [-0.25, -0.2) is 0 Å². The van der Waals surface area contributed by atoms with Crippen LogP contribution in [-0.2, 0) is 22.8 Å². The fourth-order valence-electron chi connectivity index (χ4n) is 2.45. The molecule has 0 N–H and O–H groups in total. The Morgan fingerprint density at radius 2 is 1.87 bits per heavy atom. The molecule has 0 saturated heterocycles. The van der Waals surface area contributed by atoms with Gasteiger partial charge in [0.05, 0.1) is 5.70 Å². The predicted octanol–water partition coefficient (Wildman–Crippen LogP) is -1.000. The van der Waals surface area contributed by atoms with E-state index in [0.717, 1.165) is 17.3 Å². The van der Waals surface area contributed by atoms with Crippen molar-refractivity contribution in [1.29, 1.82) is 0 Å². The summed E-state index contributed by atoms with van der Waals surface area (Å²) >= 11 is -0.285. The zero-order valence-electron chi connectivity index (χ0n) is 14.5. The fraction of sp³-hybridized carbons (Fsp3) is 0.368. The van der Waals surface area contributed by atoms with Gasteiger partial charge in [0, 0.05) is 11.3 Å². The number of halogens is 2. The Hall–Kier alpha value is -0.297. The van der Waals surface area contributed by atoms with Gasteiger partial charge >= 0.3 is 87.0 Å². The maximum atomic E-state index is 4.27. The van der Waals surface area contributed by atoms with Gasteiger partial charge in [-0.3, -0.25) is 4.99 Å². The minimum Gasteiger partial charge on any atom is -1.00 e. The van der Waals surface area contributed by atoms with E-state index in [1.165, 1.54) is 12.0 Å². The molecule has 0 radical (unpaired) electrons. The van der Waals surface area contributed by atoms with Crippen LogP contribution in [0.1, 0.15) is 41.0 Å². The summed E-state index contributed by atoms with van der Waals surface area (Å²) in [4.78, 5) is 4.27. The number of hydrogen-bond donors (Lipinski definition) is 0. The van der Waals surface area contributed by atoms with Gasteiger partial charge in [-0.15, -0.1) is 0 Å². The average Bonchev–Trinajstić information content (AvgIpc) is 3.04. The first-order valence-electron chi connectivity index (χ1n) is 7.59. The van der Waals surface area contributed by atoms with Crippen LogP contribution in [0.5, 0.6) is 0 Å². The topological polar surface area (TPSA) is 12.4 Å². The molecule has 0 aromatic heterocycles. The molecule has 0 saturated carbocycles. The van der Waals surface area contributed by atoms with Gasteiger partial charge < -0.3 is 24.8 Å². The number of hydrogen-bond acceptors (Lipinski definition) is 1. The summed E-state index contributed by atoms with van der Waals surface area (Å²) in [7, 11) is 0. The zero-order chi connectivity index (χ0) is 15.4. The molecule has 3 aliphatic rings. The van der Waals surface area contributed by atoms with Crippen LogP contribution in [0.3, 0.4) is 0 Å². The number of allylic oxidation sites excluding steroid dienone is 8. The molecule has 123 valence electrons. The number of nitrogens with zero attached hydrogens (tertiary/aromatic N) is 1. The first-order valence-corrected chi connectivity index (χ1v) is 10.0. The molecule has 0 amide bonds. The van der Waals surface area contributed by atoms with Crippen LogP contribution < -0.4 is 24.8 Å². The fourth-order valence-corrected chi connectivity index (χ4v) is 5.12. The smallest absolute Gasteiger partial charge is 1.00 e. The minimum atomic E-state index is -0.285. The van der Waals surface area contributed by atoms with Crippen molar-refractivity contribution in [1.82, 2.24) is 0 Å². The quantitative estimate of drug-likeness (QED) is 0.535. The van der Waals surface area contributed by atoms with Crippen molar-refractivity contribution in [2.75, 3.05) is 0 Å². The third-order valence-electron chi connectivity index (χ3n) is 3.46. The van der Waals surface area contributed by atoms with Gasteiger partial charge in [0.15, 0.2) is 0 Å². The second-order valence-electron chi connectivity index (χ2n) is 6.12. The van der Waals surface area contributed by atoms with Crippen LogP contribution >= 0.6 is 0 Å². The maximum Gasteiger partial charge on any atom is -1.00 e. The van der Waals surface area contributed by atoms with Crippen molar-refractivity contribution in [3.05, 3.63) is 56.6 Å². The van der Waals surface area contributed by atoms with Gasteiger partial charge in [-0.05, 0) is 19.1 Å². The standard InChI is InChI=1S/C8H7N.C8H11.C3H6.2ClH.Zr/c1-6-5-7-3-2-4-8(7)9-6;1-7(2)8-5-3-4-6-8;1-3-2;;;/h2-5H,1H3;5-7H,3H2,1-2H3;1-2H3;2*1H;/q;;;;;+2/p-2. The van der Waals surface area contributed by atoms with Gasteiger partial charge in [0.25, 0.3) is 0 Å². The van der Waals surface area contributed by atoms with Crippen molar-refractivity contribution in [3.8, 4) is 0 Å². The van der Waals surface area contributed by atoms with Crippen LogP contribution in [0.4, 0.5) is 0 Å². The third kappa shape index (κ3) is 7.00. The molecule has 0 spiro atoms. The monoisotopic (exact) mass is 426 g/mol. The second-order valence-corrected chi connectivity index (χ2v) is 10.8. The van der Waals surface area contributed by atoms with Crippen LogP contribution in [0, 0.1) is 5.92 Å². The van der Waals surface area contributed by atoms with Crippen molar-refractivity contribution in [2.24, 2.45) is 10.9 Å². The van der Waals surface area contributed by atoms with Crippen molar-refractivity contribution in [3.63, 3.8) is 0 Å². The maximum absolute atomic E-state index is 4.27. The number of aliphatic imine (C=N–C) groups is 1. The predicted molar refractivity (Wildman–Crippen MR) is 90.4 cm³/mol. The van der Waals surface area contributed by atoms with E-state index in [0.29, 0.717) is 0 Å². The first-order chi connectivity index (χ1) is 9.95. The van der Waals surface area contributed by atoms with Crippen LogP contribution in [0.15, 0.2) is 61.6 Å². The summed E-state index contributed by atoms with van der Waals surface area (Å²) < 4.78 is 3.44. The van der Waals surface area contributed by atoms with Crippen LogP contribution in [0.25, 0.3) is 0 Å². The van der Waals surface area contributed by atoms with Crippen LogP contribution in [0.2, 0.25) is 0 Å². The molecule has 0 aromatic rings. The molecule has 1 heterocycles. The zero-order valence-corrected chi connectivity index (χ0v) is 18.4. The minimum absolute atomic E-state index is 0. The van der Waals surface area contributed by atoms with Crippen molar-refractivity contribution in [2.45, 2.75) is 41.0 Å². The average molecular weight is 429 g/mol. The van der Waals surface area contributed by atoms with Gasteiger partial charge in [0.1, 0.15) is 0 Å². The van der Waals surface area contributed by atoms with E-state index in [1.54, 1.807) is 12.1 Å². The van der Waals surface area contributed by atoms with E-state index in [9.17, 15) is 0 Å². The largest absolute Gasteiger partial charge is 1.00 e. The molecule has 0 aromatic carbocycles.